The third kappa shape index (κ3) is 4.22. The number of halogens is 1. The van der Waals surface area contributed by atoms with Crippen LogP contribution in [-0.2, 0) is 4.74 Å². The molecule has 1 aromatic rings. The number of carbonyl (C=O) groups is 1. The van der Waals surface area contributed by atoms with Crippen molar-refractivity contribution in [2.45, 2.75) is 19.4 Å². The number of rotatable bonds is 5. The molecule has 0 bridgehead atoms. The maximum atomic E-state index is 11.3. The van der Waals surface area contributed by atoms with E-state index in [4.69, 9.17) is 10.2 Å². The van der Waals surface area contributed by atoms with E-state index in [-0.39, 0.29) is 24.1 Å². The van der Waals surface area contributed by atoms with Crippen LogP contribution in [0.4, 0.5) is 0 Å². The molecule has 0 saturated carbocycles. The monoisotopic (exact) mass is 280 g/mol. The van der Waals surface area contributed by atoms with E-state index in [1.165, 1.54) is 7.11 Å². The Morgan fingerprint density at radius 2 is 2.29 bits per heavy atom. The molecule has 0 radical (unpaired) electrons. The van der Waals surface area contributed by atoms with E-state index >= 15 is 0 Å². The molecule has 1 rings (SSSR count). The molecular formula is C10H17ClN2O3S. The van der Waals surface area contributed by atoms with Crippen LogP contribution >= 0.6 is 24.2 Å². The Hall–Kier alpha value is -0.720. The molecule has 0 aliphatic carbocycles. The van der Waals surface area contributed by atoms with Crippen molar-refractivity contribution >= 4 is 30.1 Å². The standard InChI is InChI=1S/C10H16N2O3S.ClH/c1-6-8(10(13)14-2)12-9(15-6)7(11)4-5-16-3;/h7H,4-5,11H2,1-3H3;1H/t7-;/m0./s1. The zero-order valence-electron chi connectivity index (χ0n) is 10.1. The summed E-state index contributed by atoms with van der Waals surface area (Å²) in [5.41, 5.74) is 6.09. The number of hydrogen-bond acceptors (Lipinski definition) is 6. The highest BCUT2D eigenvalue weighted by Gasteiger charge is 2.20. The molecule has 7 heteroatoms. The molecule has 0 aliphatic heterocycles. The lowest BCUT2D eigenvalue weighted by Crippen LogP contribution is -2.12. The lowest BCUT2D eigenvalue weighted by atomic mass is 10.2. The Bertz CT molecular complexity index is 370. The summed E-state index contributed by atoms with van der Waals surface area (Å²) < 4.78 is 9.94. The van der Waals surface area contributed by atoms with Crippen LogP contribution in [0.5, 0.6) is 0 Å². The third-order valence-corrected chi connectivity index (χ3v) is 2.79. The van der Waals surface area contributed by atoms with Gasteiger partial charge >= 0.3 is 5.97 Å². The predicted molar refractivity (Wildman–Crippen MR) is 69.8 cm³/mol. The van der Waals surface area contributed by atoms with Gasteiger partial charge in [-0.25, -0.2) is 9.78 Å². The van der Waals surface area contributed by atoms with Gasteiger partial charge in [-0.3, -0.25) is 0 Å². The number of nitrogens with zero attached hydrogens (tertiary/aromatic N) is 1. The van der Waals surface area contributed by atoms with Gasteiger partial charge in [0.2, 0.25) is 5.89 Å². The quantitative estimate of drug-likeness (QED) is 0.831. The topological polar surface area (TPSA) is 78.3 Å². The highest BCUT2D eigenvalue weighted by molar-refractivity contribution is 7.98. The highest BCUT2D eigenvalue weighted by atomic mass is 35.5. The molecule has 1 aromatic heterocycles. The number of aromatic nitrogens is 1. The molecule has 0 saturated heterocycles. The third-order valence-electron chi connectivity index (χ3n) is 2.14. The van der Waals surface area contributed by atoms with Crippen LogP contribution in [0.3, 0.4) is 0 Å². The van der Waals surface area contributed by atoms with Crippen molar-refractivity contribution in [3.63, 3.8) is 0 Å². The zero-order chi connectivity index (χ0) is 12.1. The molecule has 17 heavy (non-hydrogen) atoms. The molecular weight excluding hydrogens is 264 g/mol. The molecule has 0 aromatic carbocycles. The highest BCUT2D eigenvalue weighted by Crippen LogP contribution is 2.19. The molecule has 0 unspecified atom stereocenters. The van der Waals surface area contributed by atoms with Crippen molar-refractivity contribution in [2.24, 2.45) is 5.73 Å². The first kappa shape index (κ1) is 16.3. The first-order chi connectivity index (χ1) is 7.60. The maximum Gasteiger partial charge on any atom is 0.360 e. The lowest BCUT2D eigenvalue weighted by molar-refractivity contribution is 0.0593. The lowest BCUT2D eigenvalue weighted by Gasteiger charge is -2.04. The predicted octanol–water partition coefficient (Wildman–Crippen LogP) is 1.94. The van der Waals surface area contributed by atoms with Crippen molar-refractivity contribution in [1.29, 1.82) is 0 Å². The smallest absolute Gasteiger partial charge is 0.360 e. The van der Waals surface area contributed by atoms with Gasteiger partial charge in [-0.05, 0) is 25.4 Å². The van der Waals surface area contributed by atoms with Crippen LogP contribution in [0.25, 0.3) is 0 Å². The number of aryl methyl sites for hydroxylation is 1. The summed E-state index contributed by atoms with van der Waals surface area (Å²) in [5, 5.41) is 0. The normalized spacial score (nSPS) is 11.8. The Labute approximate surface area is 111 Å². The van der Waals surface area contributed by atoms with E-state index < -0.39 is 5.97 Å². The molecule has 0 aliphatic rings. The summed E-state index contributed by atoms with van der Waals surface area (Å²) in [4.78, 5) is 15.4. The average Bonchev–Trinajstić information content (AvgIpc) is 2.67. The summed E-state index contributed by atoms with van der Waals surface area (Å²) in [6.45, 7) is 1.67. The molecule has 1 atom stereocenters. The fraction of sp³-hybridized carbons (Fsp3) is 0.600. The van der Waals surface area contributed by atoms with Crippen LogP contribution in [0, 0.1) is 6.92 Å². The van der Waals surface area contributed by atoms with Crippen LogP contribution < -0.4 is 5.73 Å². The zero-order valence-corrected chi connectivity index (χ0v) is 11.7. The van der Waals surface area contributed by atoms with E-state index in [0.717, 1.165) is 12.2 Å². The van der Waals surface area contributed by atoms with Gasteiger partial charge in [0, 0.05) is 0 Å². The maximum absolute atomic E-state index is 11.3. The van der Waals surface area contributed by atoms with Gasteiger partial charge < -0.3 is 14.9 Å². The number of methoxy groups -OCH3 is 1. The summed E-state index contributed by atoms with van der Waals surface area (Å²) in [7, 11) is 1.31. The molecule has 0 amide bonds. The van der Waals surface area contributed by atoms with Gasteiger partial charge in [0.05, 0.1) is 13.2 Å². The van der Waals surface area contributed by atoms with Gasteiger partial charge in [0.1, 0.15) is 5.76 Å². The number of thioether (sulfide) groups is 1. The molecule has 98 valence electrons. The van der Waals surface area contributed by atoms with Crippen molar-refractivity contribution in [1.82, 2.24) is 4.98 Å². The van der Waals surface area contributed by atoms with E-state index in [9.17, 15) is 4.79 Å². The summed E-state index contributed by atoms with van der Waals surface area (Å²) in [6.07, 6.45) is 2.77. The first-order valence-corrected chi connectivity index (χ1v) is 6.29. The van der Waals surface area contributed by atoms with Gasteiger partial charge in [-0.1, -0.05) is 0 Å². The summed E-state index contributed by atoms with van der Waals surface area (Å²) in [6, 6.07) is -0.274. The second kappa shape index (κ2) is 7.58. The Kier molecular flexibility index (Phi) is 7.26. The summed E-state index contributed by atoms with van der Waals surface area (Å²) in [5.74, 6) is 1.27. The van der Waals surface area contributed by atoms with Gasteiger partial charge in [-0.15, -0.1) is 12.4 Å². The average molecular weight is 281 g/mol. The number of oxazole rings is 1. The van der Waals surface area contributed by atoms with E-state index in [2.05, 4.69) is 9.72 Å². The number of ether oxygens (including phenoxy) is 1. The minimum Gasteiger partial charge on any atom is -0.464 e. The van der Waals surface area contributed by atoms with Crippen molar-refractivity contribution in [3.8, 4) is 0 Å². The first-order valence-electron chi connectivity index (χ1n) is 4.90. The number of hydrogen-bond donors (Lipinski definition) is 1. The second-order valence-corrected chi connectivity index (χ2v) is 4.32. The van der Waals surface area contributed by atoms with E-state index in [1.807, 2.05) is 6.26 Å². The van der Waals surface area contributed by atoms with Crippen molar-refractivity contribution in [2.75, 3.05) is 19.1 Å². The van der Waals surface area contributed by atoms with Crippen LogP contribution in [0.2, 0.25) is 0 Å². The van der Waals surface area contributed by atoms with Crippen LogP contribution in [-0.4, -0.2) is 30.1 Å². The fourth-order valence-electron chi connectivity index (χ4n) is 1.23. The summed E-state index contributed by atoms with van der Waals surface area (Å²) >= 11 is 1.71. The minimum absolute atomic E-state index is 0. The van der Waals surface area contributed by atoms with Gasteiger partial charge in [0.15, 0.2) is 5.69 Å². The molecule has 0 fully saturated rings. The van der Waals surface area contributed by atoms with Crippen LogP contribution in [0.15, 0.2) is 4.42 Å². The molecule has 2 N–H and O–H groups in total. The number of nitrogens with two attached hydrogens (primary N) is 1. The Balaban J connectivity index is 0.00000256. The minimum atomic E-state index is -0.496. The fourth-order valence-corrected chi connectivity index (χ4v) is 1.72. The second-order valence-electron chi connectivity index (χ2n) is 3.34. The SMILES string of the molecule is COC(=O)c1nc([C@@H](N)CCSC)oc1C.Cl. The van der Waals surface area contributed by atoms with Crippen molar-refractivity contribution in [3.05, 3.63) is 17.3 Å². The molecule has 5 nitrogen and oxygen atoms in total. The van der Waals surface area contributed by atoms with Crippen molar-refractivity contribution < 1.29 is 13.9 Å². The largest absolute Gasteiger partial charge is 0.464 e. The number of carbonyl (C=O) groups excluding carboxylic acids is 1. The van der Waals surface area contributed by atoms with E-state index in [0.29, 0.717) is 11.7 Å². The number of esters is 1. The van der Waals surface area contributed by atoms with Crippen LogP contribution in [0.1, 0.15) is 34.6 Å². The van der Waals surface area contributed by atoms with Gasteiger partial charge in [0.25, 0.3) is 0 Å². The Morgan fingerprint density at radius 3 is 2.82 bits per heavy atom. The van der Waals surface area contributed by atoms with Gasteiger partial charge in [-0.2, -0.15) is 11.8 Å². The Morgan fingerprint density at radius 1 is 1.65 bits per heavy atom. The van der Waals surface area contributed by atoms with E-state index in [1.54, 1.807) is 18.7 Å². The molecule has 0 spiro atoms. The molecule has 1 heterocycles.